The zero-order valence-electron chi connectivity index (χ0n) is 11.3. The highest BCUT2D eigenvalue weighted by Crippen LogP contribution is 2.23. The number of ether oxygens (including phenoxy) is 2. The monoisotopic (exact) mass is 337 g/mol. The lowest BCUT2D eigenvalue weighted by molar-refractivity contribution is -0.218. The van der Waals surface area contributed by atoms with Crippen LogP contribution in [-0.2, 0) is 19.1 Å². The van der Waals surface area contributed by atoms with Gasteiger partial charge in [-0.1, -0.05) is 0 Å². The summed E-state index contributed by atoms with van der Waals surface area (Å²) < 4.78 is 81.3. The minimum Gasteiger partial charge on any atom is -0.453 e. The molecular weight excluding hydrogens is 324 g/mol. The van der Waals surface area contributed by atoms with E-state index in [1.807, 2.05) is 0 Å². The summed E-state index contributed by atoms with van der Waals surface area (Å²) in [4.78, 5) is 23.3. The Morgan fingerprint density at radius 3 is 2.27 bits per heavy atom. The van der Waals surface area contributed by atoms with Crippen LogP contribution in [0, 0.1) is 0 Å². The molecule has 1 heterocycles. The standard InChI is InChI=1S/C11H13F6NO4/c1-6(11(15,16)17)21-8(19)9(20)22-7-2-3-18(4-7)5-10(12,13)14/h6-7H,2-5H2,1H3. The van der Waals surface area contributed by atoms with Gasteiger partial charge in [0.1, 0.15) is 6.10 Å². The first-order chi connectivity index (χ1) is 9.88. The molecule has 2 unspecified atom stereocenters. The van der Waals surface area contributed by atoms with E-state index in [0.717, 1.165) is 4.90 Å². The molecule has 1 rings (SSSR count). The number of nitrogens with zero attached hydrogens (tertiary/aromatic N) is 1. The summed E-state index contributed by atoms with van der Waals surface area (Å²) in [6.07, 6.45) is -12.7. The van der Waals surface area contributed by atoms with Crippen LogP contribution in [0.25, 0.3) is 0 Å². The van der Waals surface area contributed by atoms with Crippen LogP contribution in [0.15, 0.2) is 0 Å². The van der Waals surface area contributed by atoms with Crippen molar-refractivity contribution >= 4 is 11.9 Å². The summed E-state index contributed by atoms with van der Waals surface area (Å²) in [5.41, 5.74) is 0. The Kier molecular flexibility index (Phi) is 5.65. The highest BCUT2D eigenvalue weighted by molar-refractivity contribution is 6.29. The lowest BCUT2D eigenvalue weighted by Gasteiger charge is -2.18. The van der Waals surface area contributed by atoms with Crippen molar-refractivity contribution in [3.05, 3.63) is 0 Å². The Hall–Kier alpha value is -1.52. The molecule has 128 valence electrons. The molecule has 1 aliphatic heterocycles. The van der Waals surface area contributed by atoms with Gasteiger partial charge >= 0.3 is 24.3 Å². The minimum atomic E-state index is -4.83. The molecule has 11 heteroatoms. The van der Waals surface area contributed by atoms with Crippen molar-refractivity contribution in [1.82, 2.24) is 4.90 Å². The zero-order valence-corrected chi connectivity index (χ0v) is 11.3. The van der Waals surface area contributed by atoms with Gasteiger partial charge in [-0.05, 0) is 13.3 Å². The topological polar surface area (TPSA) is 55.8 Å². The van der Waals surface area contributed by atoms with Crippen molar-refractivity contribution in [2.24, 2.45) is 0 Å². The van der Waals surface area contributed by atoms with Gasteiger partial charge in [-0.3, -0.25) is 4.90 Å². The Balaban J connectivity index is 2.41. The van der Waals surface area contributed by atoms with E-state index in [1.54, 1.807) is 0 Å². The van der Waals surface area contributed by atoms with Crippen LogP contribution in [0.2, 0.25) is 0 Å². The number of halogens is 6. The first-order valence-electron chi connectivity index (χ1n) is 6.16. The SMILES string of the molecule is CC(OC(=O)C(=O)OC1CCN(CC(F)(F)F)C1)C(F)(F)F. The van der Waals surface area contributed by atoms with Crippen molar-refractivity contribution in [3.63, 3.8) is 0 Å². The number of carbonyl (C=O) groups excluding carboxylic acids is 2. The second kappa shape index (κ2) is 6.71. The van der Waals surface area contributed by atoms with Gasteiger partial charge < -0.3 is 9.47 Å². The zero-order chi connectivity index (χ0) is 17.1. The van der Waals surface area contributed by atoms with Crippen LogP contribution in [0.3, 0.4) is 0 Å². The van der Waals surface area contributed by atoms with E-state index >= 15 is 0 Å². The van der Waals surface area contributed by atoms with Crippen LogP contribution in [0.5, 0.6) is 0 Å². The van der Waals surface area contributed by atoms with Crippen molar-refractivity contribution in [3.8, 4) is 0 Å². The Morgan fingerprint density at radius 1 is 1.18 bits per heavy atom. The number of hydrogen-bond donors (Lipinski definition) is 0. The maximum atomic E-state index is 12.2. The molecule has 1 fully saturated rings. The quantitative estimate of drug-likeness (QED) is 0.445. The molecule has 2 atom stereocenters. The summed E-state index contributed by atoms with van der Waals surface area (Å²) in [5.74, 6) is -3.49. The van der Waals surface area contributed by atoms with Gasteiger partial charge in [-0.25, -0.2) is 9.59 Å². The number of likely N-dealkylation sites (tertiary alicyclic amines) is 1. The summed E-state index contributed by atoms with van der Waals surface area (Å²) in [6, 6.07) is 0. The molecule has 0 amide bonds. The highest BCUT2D eigenvalue weighted by Gasteiger charge is 2.41. The Morgan fingerprint density at radius 2 is 1.77 bits per heavy atom. The fourth-order valence-electron chi connectivity index (χ4n) is 1.77. The molecule has 0 aromatic heterocycles. The molecule has 1 aliphatic rings. The van der Waals surface area contributed by atoms with Crippen LogP contribution in [0.4, 0.5) is 26.3 Å². The van der Waals surface area contributed by atoms with Gasteiger partial charge in [0.05, 0.1) is 6.54 Å². The van der Waals surface area contributed by atoms with Crippen LogP contribution in [0.1, 0.15) is 13.3 Å². The Labute approximate surface area is 121 Å². The molecule has 0 saturated carbocycles. The summed E-state index contributed by atoms with van der Waals surface area (Å²) >= 11 is 0. The van der Waals surface area contributed by atoms with Crippen molar-refractivity contribution in [1.29, 1.82) is 0 Å². The number of rotatable bonds is 3. The molecule has 1 saturated heterocycles. The number of carbonyl (C=O) groups is 2. The van der Waals surface area contributed by atoms with E-state index in [0.29, 0.717) is 6.92 Å². The van der Waals surface area contributed by atoms with Crippen LogP contribution < -0.4 is 0 Å². The van der Waals surface area contributed by atoms with E-state index < -0.39 is 43.0 Å². The maximum absolute atomic E-state index is 12.2. The molecule has 0 radical (unpaired) electrons. The fourth-order valence-corrected chi connectivity index (χ4v) is 1.77. The highest BCUT2D eigenvalue weighted by atomic mass is 19.4. The lowest BCUT2D eigenvalue weighted by atomic mass is 10.3. The molecule has 0 N–H and O–H groups in total. The summed E-state index contributed by atoms with van der Waals surface area (Å²) in [5, 5.41) is 0. The molecule has 5 nitrogen and oxygen atoms in total. The van der Waals surface area contributed by atoms with Crippen LogP contribution in [-0.4, -0.2) is 61.0 Å². The average molecular weight is 337 g/mol. The lowest BCUT2D eigenvalue weighted by Crippen LogP contribution is -2.36. The van der Waals surface area contributed by atoms with Gasteiger partial charge in [-0.15, -0.1) is 0 Å². The van der Waals surface area contributed by atoms with E-state index in [9.17, 15) is 35.9 Å². The Bertz CT molecular complexity index is 422. The van der Waals surface area contributed by atoms with Gasteiger partial charge in [-0.2, -0.15) is 26.3 Å². The van der Waals surface area contributed by atoms with Crippen molar-refractivity contribution in [2.45, 2.75) is 37.9 Å². The van der Waals surface area contributed by atoms with Gasteiger partial charge in [0.25, 0.3) is 0 Å². The largest absolute Gasteiger partial charge is 0.453 e. The molecule has 0 aliphatic carbocycles. The number of alkyl halides is 6. The average Bonchev–Trinajstić information content (AvgIpc) is 2.72. The number of hydrogen-bond acceptors (Lipinski definition) is 5. The van der Waals surface area contributed by atoms with E-state index in [1.165, 1.54) is 0 Å². The first kappa shape index (κ1) is 18.5. The van der Waals surface area contributed by atoms with Gasteiger partial charge in [0.2, 0.25) is 0 Å². The maximum Gasteiger partial charge on any atom is 0.425 e. The van der Waals surface area contributed by atoms with E-state index in [2.05, 4.69) is 9.47 Å². The van der Waals surface area contributed by atoms with Crippen molar-refractivity contribution in [2.75, 3.05) is 19.6 Å². The molecule has 22 heavy (non-hydrogen) atoms. The predicted octanol–water partition coefficient (Wildman–Crippen LogP) is 1.66. The van der Waals surface area contributed by atoms with Crippen LogP contribution >= 0.6 is 0 Å². The van der Waals surface area contributed by atoms with Gasteiger partial charge in [0, 0.05) is 13.1 Å². The summed E-state index contributed by atoms with van der Waals surface area (Å²) in [6.45, 7) is -0.929. The predicted molar refractivity (Wildman–Crippen MR) is 58.6 cm³/mol. The van der Waals surface area contributed by atoms with E-state index in [-0.39, 0.29) is 19.5 Å². The number of esters is 2. The minimum absolute atomic E-state index is 0.00847. The third kappa shape index (κ3) is 6.08. The second-order valence-electron chi connectivity index (χ2n) is 4.76. The molecule has 0 bridgehead atoms. The fraction of sp³-hybridized carbons (Fsp3) is 0.818. The second-order valence-corrected chi connectivity index (χ2v) is 4.76. The van der Waals surface area contributed by atoms with Crippen molar-refractivity contribution < 1.29 is 45.4 Å². The summed E-state index contributed by atoms with van der Waals surface area (Å²) in [7, 11) is 0. The molecule has 0 aromatic rings. The first-order valence-corrected chi connectivity index (χ1v) is 6.16. The molecule has 0 aromatic carbocycles. The molecular formula is C11H13F6NO4. The smallest absolute Gasteiger partial charge is 0.425 e. The molecule has 0 spiro atoms. The normalized spacial score (nSPS) is 21.5. The van der Waals surface area contributed by atoms with E-state index in [4.69, 9.17) is 0 Å². The third-order valence-electron chi connectivity index (χ3n) is 2.82. The third-order valence-corrected chi connectivity index (χ3v) is 2.82. The van der Waals surface area contributed by atoms with Gasteiger partial charge in [0.15, 0.2) is 6.10 Å².